The van der Waals surface area contributed by atoms with Crippen molar-refractivity contribution in [3.05, 3.63) is 46.2 Å². The van der Waals surface area contributed by atoms with Crippen molar-refractivity contribution in [2.24, 2.45) is 0 Å². The SMILES string of the molecule is COc1ccc2c(c1)[C@@]1(CCN(C(=O)c3cccs3)C1)C(=O)N2C. The summed E-state index contributed by atoms with van der Waals surface area (Å²) in [7, 11) is 3.42. The number of anilines is 1. The summed E-state index contributed by atoms with van der Waals surface area (Å²) in [6.45, 7) is 1.01. The zero-order valence-electron chi connectivity index (χ0n) is 13.6. The molecule has 1 aromatic heterocycles. The highest BCUT2D eigenvalue weighted by Crippen LogP contribution is 2.48. The Morgan fingerprint density at radius 2 is 2.17 bits per heavy atom. The van der Waals surface area contributed by atoms with Gasteiger partial charge in [0.25, 0.3) is 5.91 Å². The Hall–Kier alpha value is -2.34. The van der Waals surface area contributed by atoms with E-state index in [2.05, 4.69) is 0 Å². The molecule has 0 radical (unpaired) electrons. The third-order valence-corrected chi connectivity index (χ3v) is 5.94. The molecular formula is C18H18N2O3S. The first-order valence-corrected chi connectivity index (χ1v) is 8.74. The molecule has 2 aliphatic heterocycles. The number of likely N-dealkylation sites (N-methyl/N-ethyl adjacent to an activating group) is 1. The van der Waals surface area contributed by atoms with E-state index < -0.39 is 5.41 Å². The number of hydrogen-bond donors (Lipinski definition) is 0. The summed E-state index contributed by atoms with van der Waals surface area (Å²) in [6, 6.07) is 9.43. The van der Waals surface area contributed by atoms with Gasteiger partial charge in [0.1, 0.15) is 5.75 Å². The average molecular weight is 342 g/mol. The van der Waals surface area contributed by atoms with Crippen LogP contribution >= 0.6 is 11.3 Å². The van der Waals surface area contributed by atoms with Crippen LogP contribution in [-0.4, -0.2) is 44.0 Å². The van der Waals surface area contributed by atoms with Crippen molar-refractivity contribution < 1.29 is 14.3 Å². The van der Waals surface area contributed by atoms with Crippen molar-refractivity contribution in [3.63, 3.8) is 0 Å². The number of likely N-dealkylation sites (tertiary alicyclic amines) is 1. The number of ether oxygens (including phenoxy) is 1. The summed E-state index contributed by atoms with van der Waals surface area (Å²) in [5.74, 6) is 0.806. The number of fused-ring (bicyclic) bond motifs is 2. The van der Waals surface area contributed by atoms with Crippen molar-refractivity contribution >= 4 is 28.8 Å². The van der Waals surface area contributed by atoms with Gasteiger partial charge in [-0.2, -0.15) is 0 Å². The molecule has 2 amide bonds. The van der Waals surface area contributed by atoms with Crippen LogP contribution in [0.1, 0.15) is 21.7 Å². The summed E-state index contributed by atoms with van der Waals surface area (Å²) >= 11 is 1.44. The number of nitrogens with zero attached hydrogens (tertiary/aromatic N) is 2. The number of methoxy groups -OCH3 is 1. The smallest absolute Gasteiger partial charge is 0.263 e. The van der Waals surface area contributed by atoms with Crippen LogP contribution in [0.5, 0.6) is 5.75 Å². The number of rotatable bonds is 2. The highest BCUT2D eigenvalue weighted by atomic mass is 32.1. The molecule has 1 spiro atoms. The molecule has 0 aliphatic carbocycles. The van der Waals surface area contributed by atoms with Gasteiger partial charge in [0, 0.05) is 25.8 Å². The number of carbonyl (C=O) groups excluding carboxylic acids is 2. The molecular weight excluding hydrogens is 324 g/mol. The van der Waals surface area contributed by atoms with Crippen LogP contribution in [0, 0.1) is 0 Å². The van der Waals surface area contributed by atoms with E-state index in [9.17, 15) is 9.59 Å². The first-order valence-electron chi connectivity index (χ1n) is 7.86. The Bertz CT molecular complexity index is 818. The lowest BCUT2D eigenvalue weighted by molar-refractivity contribution is -0.122. The summed E-state index contributed by atoms with van der Waals surface area (Å²) in [5.41, 5.74) is 1.23. The van der Waals surface area contributed by atoms with Gasteiger partial charge in [0.15, 0.2) is 0 Å². The standard InChI is InChI=1S/C18H18N2O3S/c1-19-14-6-5-12(23-2)10-13(14)18(17(19)22)7-8-20(11-18)16(21)15-4-3-9-24-15/h3-6,9-10H,7-8,11H2,1-2H3/t18-/m0/s1. The fraction of sp³-hybridized carbons (Fsp3) is 0.333. The van der Waals surface area contributed by atoms with Crippen molar-refractivity contribution in [2.45, 2.75) is 11.8 Å². The Labute approximate surface area is 144 Å². The van der Waals surface area contributed by atoms with E-state index in [1.165, 1.54) is 11.3 Å². The molecule has 2 aromatic rings. The van der Waals surface area contributed by atoms with Crippen LogP contribution < -0.4 is 9.64 Å². The van der Waals surface area contributed by atoms with Gasteiger partial charge in [0.05, 0.1) is 17.4 Å². The van der Waals surface area contributed by atoms with E-state index in [4.69, 9.17) is 4.74 Å². The third kappa shape index (κ3) is 1.99. The van der Waals surface area contributed by atoms with Crippen LogP contribution in [0.3, 0.4) is 0 Å². The van der Waals surface area contributed by atoms with Crippen LogP contribution in [-0.2, 0) is 10.2 Å². The Morgan fingerprint density at radius 1 is 1.33 bits per heavy atom. The third-order valence-electron chi connectivity index (χ3n) is 5.08. The van der Waals surface area contributed by atoms with Crippen molar-refractivity contribution in [2.75, 3.05) is 32.1 Å². The van der Waals surface area contributed by atoms with Gasteiger partial charge < -0.3 is 14.5 Å². The maximum Gasteiger partial charge on any atom is 0.263 e. The van der Waals surface area contributed by atoms with Crippen molar-refractivity contribution in [3.8, 4) is 5.75 Å². The molecule has 124 valence electrons. The summed E-state index contributed by atoms with van der Waals surface area (Å²) < 4.78 is 5.34. The Kier molecular flexibility index (Phi) is 3.38. The van der Waals surface area contributed by atoms with Crippen molar-refractivity contribution in [1.29, 1.82) is 0 Å². The van der Waals surface area contributed by atoms with Crippen molar-refractivity contribution in [1.82, 2.24) is 4.90 Å². The number of amides is 2. The first kappa shape index (κ1) is 15.2. The Morgan fingerprint density at radius 3 is 2.88 bits per heavy atom. The zero-order chi connectivity index (χ0) is 16.9. The second-order valence-corrected chi connectivity index (χ2v) is 7.23. The van der Waals surface area contributed by atoms with Gasteiger partial charge in [0.2, 0.25) is 5.91 Å². The van der Waals surface area contributed by atoms with Gasteiger partial charge >= 0.3 is 0 Å². The lowest BCUT2D eigenvalue weighted by Crippen LogP contribution is -2.42. The van der Waals surface area contributed by atoms with Crippen LogP contribution in [0.2, 0.25) is 0 Å². The topological polar surface area (TPSA) is 49.9 Å². The molecule has 3 heterocycles. The number of carbonyl (C=O) groups is 2. The van der Waals surface area contributed by atoms with Gasteiger partial charge in [-0.05, 0) is 41.6 Å². The second kappa shape index (κ2) is 5.34. The molecule has 0 bridgehead atoms. The number of thiophene rings is 1. The molecule has 2 aliphatic rings. The van der Waals surface area contributed by atoms with Gasteiger partial charge in [-0.25, -0.2) is 0 Å². The van der Waals surface area contributed by atoms with Gasteiger partial charge in [-0.15, -0.1) is 11.3 Å². The largest absolute Gasteiger partial charge is 0.497 e. The quantitative estimate of drug-likeness (QED) is 0.843. The minimum atomic E-state index is -0.647. The predicted molar refractivity (Wildman–Crippen MR) is 92.9 cm³/mol. The van der Waals surface area contributed by atoms with Gasteiger partial charge in [-0.3, -0.25) is 9.59 Å². The molecule has 1 saturated heterocycles. The van der Waals surface area contributed by atoms with E-state index in [0.717, 1.165) is 21.9 Å². The van der Waals surface area contributed by atoms with E-state index >= 15 is 0 Å². The lowest BCUT2D eigenvalue weighted by atomic mass is 9.81. The maximum absolute atomic E-state index is 13.0. The molecule has 0 N–H and O–H groups in total. The summed E-state index contributed by atoms with van der Waals surface area (Å²) in [6.07, 6.45) is 0.646. The molecule has 1 aromatic carbocycles. The van der Waals surface area contributed by atoms with Crippen LogP contribution in [0.4, 0.5) is 5.69 Å². The molecule has 1 atom stereocenters. The summed E-state index contributed by atoms with van der Waals surface area (Å²) in [5, 5.41) is 1.90. The highest BCUT2D eigenvalue weighted by molar-refractivity contribution is 7.12. The summed E-state index contributed by atoms with van der Waals surface area (Å²) in [4.78, 5) is 29.9. The molecule has 1 fully saturated rings. The monoisotopic (exact) mass is 342 g/mol. The second-order valence-electron chi connectivity index (χ2n) is 6.28. The molecule has 0 saturated carbocycles. The number of benzene rings is 1. The molecule has 6 heteroatoms. The zero-order valence-corrected chi connectivity index (χ0v) is 14.4. The van der Waals surface area contributed by atoms with Crippen LogP contribution in [0.15, 0.2) is 35.7 Å². The molecule has 0 unspecified atom stereocenters. The highest BCUT2D eigenvalue weighted by Gasteiger charge is 2.54. The molecule has 4 rings (SSSR count). The fourth-order valence-corrected chi connectivity index (χ4v) is 4.49. The minimum absolute atomic E-state index is 0.00803. The van der Waals surface area contributed by atoms with Crippen LogP contribution in [0.25, 0.3) is 0 Å². The first-order chi connectivity index (χ1) is 11.6. The van der Waals surface area contributed by atoms with E-state index in [1.54, 1.807) is 24.0 Å². The fourth-order valence-electron chi connectivity index (χ4n) is 3.80. The van der Waals surface area contributed by atoms with E-state index in [1.807, 2.05) is 35.7 Å². The lowest BCUT2D eigenvalue weighted by Gasteiger charge is -2.23. The molecule has 24 heavy (non-hydrogen) atoms. The van der Waals surface area contributed by atoms with E-state index in [-0.39, 0.29) is 11.8 Å². The molecule has 5 nitrogen and oxygen atoms in total. The predicted octanol–water partition coefficient (Wildman–Crippen LogP) is 2.52. The van der Waals surface area contributed by atoms with E-state index in [0.29, 0.717) is 19.5 Å². The normalized spacial score (nSPS) is 22.3. The average Bonchev–Trinajstić information content (AvgIpc) is 3.32. The Balaban J connectivity index is 1.72. The maximum atomic E-state index is 13.0. The number of hydrogen-bond acceptors (Lipinski definition) is 4. The van der Waals surface area contributed by atoms with Gasteiger partial charge in [-0.1, -0.05) is 6.07 Å². The minimum Gasteiger partial charge on any atom is -0.497 e.